The smallest absolute Gasteiger partial charge is 0.0818 e. The summed E-state index contributed by atoms with van der Waals surface area (Å²) in [5.74, 6) is 0. The molecule has 0 bridgehead atoms. The molecule has 0 spiro atoms. The topological polar surface area (TPSA) is 12.4 Å². The quantitative estimate of drug-likeness (QED) is 0.379. The molecule has 3 rings (SSSR count). The van der Waals surface area contributed by atoms with Crippen LogP contribution in [0.2, 0.25) is 0 Å². The first-order chi connectivity index (χ1) is 12.5. The van der Waals surface area contributed by atoms with Gasteiger partial charge in [-0.25, -0.2) is 0 Å². The second kappa shape index (κ2) is 7.84. The molecule has 0 radical (unpaired) electrons. The highest BCUT2D eigenvalue weighted by molar-refractivity contribution is 7.70. The van der Waals surface area contributed by atoms with E-state index in [4.69, 9.17) is 4.36 Å². The van der Waals surface area contributed by atoms with E-state index in [-0.39, 0.29) is 0 Å². The highest BCUT2D eigenvalue weighted by Crippen LogP contribution is 2.24. The molecule has 0 unspecified atom stereocenters. The van der Waals surface area contributed by atoms with Crippen LogP contribution in [0.25, 0.3) is 0 Å². The monoisotopic (exact) mass is 359 g/mol. The summed E-state index contributed by atoms with van der Waals surface area (Å²) in [4.78, 5) is 1.21. The van der Waals surface area contributed by atoms with Crippen LogP contribution in [0.4, 0.5) is 5.69 Å². The van der Waals surface area contributed by atoms with E-state index in [1.54, 1.807) is 11.1 Å². The number of rotatable bonds is 3. The molecule has 3 aromatic carbocycles. The third-order valence-electron chi connectivity index (χ3n) is 4.61. The second-order valence-electron chi connectivity index (χ2n) is 6.89. The summed E-state index contributed by atoms with van der Waals surface area (Å²) in [5, 5.41) is 0. The van der Waals surface area contributed by atoms with Crippen molar-refractivity contribution in [2.45, 2.75) is 34.6 Å². The highest BCUT2D eigenvalue weighted by Gasteiger charge is 2.12. The predicted molar refractivity (Wildman–Crippen MR) is 116 cm³/mol. The Labute approximate surface area is 160 Å². The average molecular weight is 360 g/mol. The fourth-order valence-corrected chi connectivity index (χ4v) is 4.54. The minimum absolute atomic E-state index is 1.08. The fraction of sp³-hybridized carbons (Fsp3) is 0.208. The summed E-state index contributed by atoms with van der Waals surface area (Å²) in [7, 11) is 0. The van der Waals surface area contributed by atoms with Crippen LogP contribution in [0, 0.1) is 34.6 Å². The Morgan fingerprint density at radius 3 is 1.85 bits per heavy atom. The molecule has 0 atom stereocenters. The highest BCUT2D eigenvalue weighted by atomic mass is 32.1. The number of benzene rings is 3. The molecule has 26 heavy (non-hydrogen) atoms. The molecule has 3 aromatic rings. The molecular formula is C24H25NS. The SMILES string of the molecule is Cc1cc(C)c(C(=S=Nc2c(C)cccc2C)c2ccccc2)c(C)c1. The van der Waals surface area contributed by atoms with Crippen LogP contribution in [0.1, 0.15) is 38.9 Å². The van der Waals surface area contributed by atoms with Gasteiger partial charge in [0.15, 0.2) is 0 Å². The minimum Gasteiger partial charge on any atom is -0.192 e. The normalized spacial score (nSPS) is 10.5. The number of hydrogen-bond acceptors (Lipinski definition) is 1. The summed E-state index contributed by atoms with van der Waals surface area (Å²) in [6, 6.07) is 21.4. The van der Waals surface area contributed by atoms with Gasteiger partial charge in [-0.2, -0.15) is 4.36 Å². The third-order valence-corrected chi connectivity index (χ3v) is 5.50. The third kappa shape index (κ3) is 3.86. The van der Waals surface area contributed by atoms with E-state index in [0.29, 0.717) is 0 Å². The Bertz CT molecular complexity index is 966. The van der Waals surface area contributed by atoms with Gasteiger partial charge in [-0.3, -0.25) is 0 Å². The van der Waals surface area contributed by atoms with Gasteiger partial charge in [0.05, 0.1) is 10.6 Å². The van der Waals surface area contributed by atoms with E-state index < -0.39 is 0 Å². The molecule has 1 nitrogen and oxygen atoms in total. The lowest BCUT2D eigenvalue weighted by Gasteiger charge is -2.13. The Hall–Kier alpha value is -2.45. The van der Waals surface area contributed by atoms with E-state index in [9.17, 15) is 0 Å². The van der Waals surface area contributed by atoms with E-state index in [0.717, 1.165) is 5.69 Å². The van der Waals surface area contributed by atoms with Crippen LogP contribution < -0.4 is 0 Å². The van der Waals surface area contributed by atoms with Crippen molar-refractivity contribution < 1.29 is 0 Å². The Balaban J connectivity index is 2.29. The molecule has 132 valence electrons. The van der Waals surface area contributed by atoms with Crippen LogP contribution in [-0.4, -0.2) is 4.86 Å². The van der Waals surface area contributed by atoms with Crippen LogP contribution in [-0.2, 0) is 11.1 Å². The van der Waals surface area contributed by atoms with Gasteiger partial charge < -0.3 is 0 Å². The molecule has 2 heteroatoms. The first kappa shape index (κ1) is 18.3. The van der Waals surface area contributed by atoms with E-state index >= 15 is 0 Å². The van der Waals surface area contributed by atoms with Crippen molar-refractivity contribution in [2.75, 3.05) is 0 Å². The maximum absolute atomic E-state index is 4.94. The van der Waals surface area contributed by atoms with Crippen LogP contribution in [0.15, 0.2) is 65.0 Å². The largest absolute Gasteiger partial charge is 0.192 e. The van der Waals surface area contributed by atoms with Crippen molar-refractivity contribution in [3.05, 3.63) is 99.6 Å². The molecular weight excluding hydrogens is 334 g/mol. The molecule has 0 aliphatic rings. The molecule has 0 N–H and O–H groups in total. The average Bonchev–Trinajstić information content (AvgIpc) is 2.59. The lowest BCUT2D eigenvalue weighted by atomic mass is 9.94. The van der Waals surface area contributed by atoms with E-state index in [2.05, 4.69) is 95.3 Å². The molecule has 0 fully saturated rings. The maximum Gasteiger partial charge on any atom is 0.0818 e. The summed E-state index contributed by atoms with van der Waals surface area (Å²) < 4.78 is 4.94. The zero-order valence-electron chi connectivity index (χ0n) is 16.1. The van der Waals surface area contributed by atoms with E-state index in [1.165, 1.54) is 43.8 Å². The van der Waals surface area contributed by atoms with Gasteiger partial charge in [-0.1, -0.05) is 66.2 Å². The van der Waals surface area contributed by atoms with Crippen LogP contribution in [0.5, 0.6) is 0 Å². The zero-order chi connectivity index (χ0) is 18.7. The van der Waals surface area contributed by atoms with Crippen molar-refractivity contribution in [3.63, 3.8) is 0 Å². The molecule has 0 saturated heterocycles. The van der Waals surface area contributed by atoms with Gasteiger partial charge in [-0.05, 0) is 79.1 Å². The molecule has 0 saturated carbocycles. The summed E-state index contributed by atoms with van der Waals surface area (Å²) >= 11 is 1.59. The summed E-state index contributed by atoms with van der Waals surface area (Å²) in [6.07, 6.45) is 0. The number of nitrogens with zero attached hydrogens (tertiary/aromatic N) is 1. The van der Waals surface area contributed by atoms with Crippen LogP contribution >= 0.6 is 0 Å². The van der Waals surface area contributed by atoms with Gasteiger partial charge in [0.1, 0.15) is 0 Å². The molecule has 0 heterocycles. The fourth-order valence-electron chi connectivity index (χ4n) is 3.41. The lowest BCUT2D eigenvalue weighted by molar-refractivity contribution is 1.30. The molecule has 0 aliphatic heterocycles. The zero-order valence-corrected chi connectivity index (χ0v) is 16.9. The molecule has 0 aromatic heterocycles. The Kier molecular flexibility index (Phi) is 5.53. The van der Waals surface area contributed by atoms with Crippen molar-refractivity contribution in [2.24, 2.45) is 4.36 Å². The Morgan fingerprint density at radius 1 is 0.692 bits per heavy atom. The number of hydrogen-bond donors (Lipinski definition) is 0. The van der Waals surface area contributed by atoms with Crippen molar-refractivity contribution in [3.8, 4) is 0 Å². The first-order valence-electron chi connectivity index (χ1n) is 8.92. The summed E-state index contributed by atoms with van der Waals surface area (Å²) in [5.41, 5.74) is 9.89. The van der Waals surface area contributed by atoms with Crippen LogP contribution in [0.3, 0.4) is 0 Å². The Morgan fingerprint density at radius 2 is 1.27 bits per heavy atom. The van der Waals surface area contributed by atoms with Gasteiger partial charge in [0.2, 0.25) is 0 Å². The maximum atomic E-state index is 4.94. The predicted octanol–water partition coefficient (Wildman–Crippen LogP) is 6.40. The minimum atomic E-state index is 1.08. The molecule has 0 amide bonds. The van der Waals surface area contributed by atoms with Gasteiger partial charge in [0, 0.05) is 0 Å². The van der Waals surface area contributed by atoms with Crippen molar-refractivity contribution in [1.82, 2.24) is 0 Å². The van der Waals surface area contributed by atoms with E-state index in [1.807, 2.05) is 0 Å². The standard InChI is InChI=1S/C24H25NS/c1-16-14-19(4)22(20(5)15-16)24(21-12-7-6-8-13-21)26-25-23-17(2)10-9-11-18(23)3/h6-15H,1-5H3. The van der Waals surface area contributed by atoms with Gasteiger partial charge in [0.25, 0.3) is 0 Å². The van der Waals surface area contributed by atoms with Crippen molar-refractivity contribution in [1.29, 1.82) is 0 Å². The second-order valence-corrected chi connectivity index (χ2v) is 7.67. The lowest BCUT2D eigenvalue weighted by Crippen LogP contribution is -2.08. The first-order valence-corrected chi connectivity index (χ1v) is 9.69. The van der Waals surface area contributed by atoms with Gasteiger partial charge >= 0.3 is 0 Å². The van der Waals surface area contributed by atoms with Gasteiger partial charge in [-0.15, -0.1) is 0 Å². The number of aryl methyl sites for hydroxylation is 5. The molecule has 0 aliphatic carbocycles. The van der Waals surface area contributed by atoms with Crippen molar-refractivity contribution >= 4 is 21.7 Å². The summed E-state index contributed by atoms with van der Waals surface area (Å²) in [6.45, 7) is 10.8.